The van der Waals surface area contributed by atoms with Crippen LogP contribution < -0.4 is 10.1 Å². The summed E-state index contributed by atoms with van der Waals surface area (Å²) in [6.45, 7) is 2.64. The van der Waals surface area contributed by atoms with Gasteiger partial charge in [0.05, 0.1) is 7.11 Å². The van der Waals surface area contributed by atoms with Crippen molar-refractivity contribution < 1.29 is 9.53 Å². The zero-order chi connectivity index (χ0) is 14.4. The number of aryl methyl sites for hydroxylation is 1. The first-order valence-electron chi connectivity index (χ1n) is 6.67. The molecule has 104 valence electrons. The molecule has 2 aromatic rings. The summed E-state index contributed by atoms with van der Waals surface area (Å²) < 4.78 is 5.23. The molecule has 0 aliphatic heterocycles. The molecule has 0 spiro atoms. The average Bonchev–Trinajstić information content (AvgIpc) is 2.48. The second-order valence-corrected chi connectivity index (χ2v) is 4.68. The van der Waals surface area contributed by atoms with Crippen molar-refractivity contribution in [2.45, 2.75) is 13.3 Å². The Bertz CT molecular complexity index is 579. The first kappa shape index (κ1) is 14.1. The Morgan fingerprint density at radius 1 is 1.15 bits per heavy atom. The summed E-state index contributed by atoms with van der Waals surface area (Å²) in [4.78, 5) is 11.9. The predicted molar refractivity (Wildman–Crippen MR) is 80.2 cm³/mol. The van der Waals surface area contributed by atoms with Gasteiger partial charge in [-0.15, -0.1) is 0 Å². The van der Waals surface area contributed by atoms with Gasteiger partial charge in [0.2, 0.25) is 0 Å². The van der Waals surface area contributed by atoms with Gasteiger partial charge in [0.15, 0.2) is 0 Å². The van der Waals surface area contributed by atoms with E-state index in [1.807, 2.05) is 49.4 Å². The Morgan fingerprint density at radius 2 is 1.90 bits per heavy atom. The lowest BCUT2D eigenvalue weighted by Crippen LogP contribution is -2.25. The first-order valence-corrected chi connectivity index (χ1v) is 6.67. The van der Waals surface area contributed by atoms with Crippen molar-refractivity contribution in [3.05, 3.63) is 65.2 Å². The van der Waals surface area contributed by atoms with E-state index in [0.717, 1.165) is 17.7 Å². The molecule has 2 aromatic carbocycles. The van der Waals surface area contributed by atoms with Crippen molar-refractivity contribution >= 4 is 5.91 Å². The minimum atomic E-state index is -0.0316. The SMILES string of the molecule is COc1ccc(CCNC(=O)c2ccccc2)cc1C. The van der Waals surface area contributed by atoms with Crippen molar-refractivity contribution in [2.75, 3.05) is 13.7 Å². The van der Waals surface area contributed by atoms with Gasteiger partial charge in [0, 0.05) is 12.1 Å². The second kappa shape index (κ2) is 6.75. The predicted octanol–water partition coefficient (Wildman–Crippen LogP) is 2.98. The van der Waals surface area contributed by atoms with Crippen LogP contribution in [-0.2, 0) is 6.42 Å². The molecule has 0 saturated carbocycles. The molecule has 0 heterocycles. The molecule has 0 fully saturated rings. The van der Waals surface area contributed by atoms with Gasteiger partial charge in [-0.3, -0.25) is 4.79 Å². The number of carbonyl (C=O) groups excluding carboxylic acids is 1. The van der Waals surface area contributed by atoms with E-state index in [1.165, 1.54) is 5.56 Å². The van der Waals surface area contributed by atoms with Crippen LogP contribution in [0.2, 0.25) is 0 Å². The van der Waals surface area contributed by atoms with Gasteiger partial charge in [-0.1, -0.05) is 30.3 Å². The number of carbonyl (C=O) groups is 1. The molecule has 0 aromatic heterocycles. The molecule has 0 aliphatic carbocycles. The summed E-state index contributed by atoms with van der Waals surface area (Å²) in [6.07, 6.45) is 0.809. The van der Waals surface area contributed by atoms with Gasteiger partial charge in [-0.25, -0.2) is 0 Å². The third-order valence-corrected chi connectivity index (χ3v) is 3.19. The molecule has 20 heavy (non-hydrogen) atoms. The number of nitrogens with one attached hydrogen (secondary N) is 1. The summed E-state index contributed by atoms with van der Waals surface area (Å²) in [5.41, 5.74) is 2.99. The molecule has 2 rings (SSSR count). The summed E-state index contributed by atoms with van der Waals surface area (Å²) in [5.74, 6) is 0.859. The van der Waals surface area contributed by atoms with E-state index in [1.54, 1.807) is 7.11 Å². The minimum absolute atomic E-state index is 0.0316. The highest BCUT2D eigenvalue weighted by Crippen LogP contribution is 2.18. The Balaban J connectivity index is 1.87. The summed E-state index contributed by atoms with van der Waals surface area (Å²) >= 11 is 0. The summed E-state index contributed by atoms with van der Waals surface area (Å²) in [7, 11) is 1.67. The standard InChI is InChI=1S/C17H19NO2/c1-13-12-14(8-9-16(13)20-2)10-11-18-17(19)15-6-4-3-5-7-15/h3-9,12H,10-11H2,1-2H3,(H,18,19). The quantitative estimate of drug-likeness (QED) is 0.906. The third-order valence-electron chi connectivity index (χ3n) is 3.19. The van der Waals surface area contributed by atoms with E-state index in [4.69, 9.17) is 4.74 Å². The summed E-state index contributed by atoms with van der Waals surface area (Å²) in [5, 5.41) is 2.93. The van der Waals surface area contributed by atoms with Crippen molar-refractivity contribution in [3.63, 3.8) is 0 Å². The maximum Gasteiger partial charge on any atom is 0.251 e. The fourth-order valence-electron chi connectivity index (χ4n) is 2.11. The lowest BCUT2D eigenvalue weighted by molar-refractivity contribution is 0.0954. The van der Waals surface area contributed by atoms with Crippen molar-refractivity contribution in [3.8, 4) is 5.75 Å². The van der Waals surface area contributed by atoms with Gasteiger partial charge < -0.3 is 10.1 Å². The maximum absolute atomic E-state index is 11.9. The highest BCUT2D eigenvalue weighted by molar-refractivity contribution is 5.94. The van der Waals surface area contributed by atoms with E-state index in [9.17, 15) is 4.79 Å². The summed E-state index contributed by atoms with van der Waals surface area (Å²) in [6, 6.07) is 15.3. The zero-order valence-corrected chi connectivity index (χ0v) is 11.8. The highest BCUT2D eigenvalue weighted by Gasteiger charge is 2.04. The van der Waals surface area contributed by atoms with Crippen molar-refractivity contribution in [1.82, 2.24) is 5.32 Å². The molecule has 1 N–H and O–H groups in total. The van der Waals surface area contributed by atoms with Crippen LogP contribution >= 0.6 is 0 Å². The van der Waals surface area contributed by atoms with Crippen LogP contribution in [-0.4, -0.2) is 19.6 Å². The largest absolute Gasteiger partial charge is 0.496 e. The molecule has 0 atom stereocenters. The fourth-order valence-corrected chi connectivity index (χ4v) is 2.11. The average molecular weight is 269 g/mol. The number of ether oxygens (including phenoxy) is 1. The van der Waals surface area contributed by atoms with Gasteiger partial charge in [0.25, 0.3) is 5.91 Å². The lowest BCUT2D eigenvalue weighted by atomic mass is 10.1. The Hall–Kier alpha value is -2.29. The van der Waals surface area contributed by atoms with Gasteiger partial charge >= 0.3 is 0 Å². The second-order valence-electron chi connectivity index (χ2n) is 4.68. The lowest BCUT2D eigenvalue weighted by Gasteiger charge is -2.08. The zero-order valence-electron chi connectivity index (χ0n) is 11.8. The Kier molecular flexibility index (Phi) is 4.77. The molecule has 0 bridgehead atoms. The highest BCUT2D eigenvalue weighted by atomic mass is 16.5. The first-order chi connectivity index (χ1) is 9.70. The maximum atomic E-state index is 11.9. The van der Waals surface area contributed by atoms with E-state index in [0.29, 0.717) is 12.1 Å². The number of rotatable bonds is 5. The van der Waals surface area contributed by atoms with E-state index in [-0.39, 0.29) is 5.91 Å². The van der Waals surface area contributed by atoms with Crippen molar-refractivity contribution in [1.29, 1.82) is 0 Å². The van der Waals surface area contributed by atoms with Crippen LogP contribution in [0.25, 0.3) is 0 Å². The van der Waals surface area contributed by atoms with Crippen LogP contribution in [0.1, 0.15) is 21.5 Å². The molecular formula is C17H19NO2. The van der Waals surface area contributed by atoms with E-state index >= 15 is 0 Å². The van der Waals surface area contributed by atoms with Crippen LogP contribution in [0.5, 0.6) is 5.75 Å². The monoisotopic (exact) mass is 269 g/mol. The Labute approximate surface area is 119 Å². The van der Waals surface area contributed by atoms with Crippen molar-refractivity contribution in [2.24, 2.45) is 0 Å². The smallest absolute Gasteiger partial charge is 0.251 e. The van der Waals surface area contributed by atoms with Crippen LogP contribution in [0, 0.1) is 6.92 Å². The number of methoxy groups -OCH3 is 1. The van der Waals surface area contributed by atoms with E-state index in [2.05, 4.69) is 11.4 Å². The molecule has 0 unspecified atom stereocenters. The third kappa shape index (κ3) is 3.60. The Morgan fingerprint density at radius 3 is 2.55 bits per heavy atom. The molecule has 3 heteroatoms. The molecule has 0 radical (unpaired) electrons. The topological polar surface area (TPSA) is 38.3 Å². The van der Waals surface area contributed by atoms with Gasteiger partial charge in [-0.05, 0) is 42.7 Å². The van der Waals surface area contributed by atoms with Gasteiger partial charge in [0.1, 0.15) is 5.75 Å². The normalized spacial score (nSPS) is 10.1. The number of amides is 1. The molecule has 0 aliphatic rings. The van der Waals surface area contributed by atoms with Crippen LogP contribution in [0.15, 0.2) is 48.5 Å². The van der Waals surface area contributed by atoms with E-state index < -0.39 is 0 Å². The van der Waals surface area contributed by atoms with Gasteiger partial charge in [-0.2, -0.15) is 0 Å². The minimum Gasteiger partial charge on any atom is -0.496 e. The number of benzene rings is 2. The molecular weight excluding hydrogens is 250 g/mol. The van der Waals surface area contributed by atoms with Crippen LogP contribution in [0.3, 0.4) is 0 Å². The molecule has 3 nitrogen and oxygen atoms in total. The fraction of sp³-hybridized carbons (Fsp3) is 0.235. The molecule has 1 amide bonds. The number of hydrogen-bond donors (Lipinski definition) is 1. The molecule has 0 saturated heterocycles. The van der Waals surface area contributed by atoms with Crippen LogP contribution in [0.4, 0.5) is 0 Å². The number of hydrogen-bond acceptors (Lipinski definition) is 2.